The quantitative estimate of drug-likeness (QED) is 0.309. The van der Waals surface area contributed by atoms with E-state index in [2.05, 4.69) is 28.9 Å². The maximum atomic E-state index is 6.06. The summed E-state index contributed by atoms with van der Waals surface area (Å²) in [5, 5.41) is 0. The molecule has 4 nitrogen and oxygen atoms in total. The van der Waals surface area contributed by atoms with E-state index in [-0.39, 0.29) is 24.0 Å². The molecule has 1 aliphatic rings. The van der Waals surface area contributed by atoms with Gasteiger partial charge >= 0.3 is 0 Å². The number of unbranched alkanes of at least 4 members (excludes halogenated alkanes) is 1. The third-order valence-electron chi connectivity index (χ3n) is 4.04. The second-order valence-corrected chi connectivity index (χ2v) is 5.88. The topological polar surface area (TPSA) is 50.9 Å². The SMILES string of the molecule is CCCCOc1ccc(CCN=C(N)N2CCCCC2)cc1.I. The first-order valence-corrected chi connectivity index (χ1v) is 8.56. The van der Waals surface area contributed by atoms with Crippen molar-refractivity contribution in [3.8, 4) is 5.75 Å². The van der Waals surface area contributed by atoms with Crippen molar-refractivity contribution in [3.05, 3.63) is 29.8 Å². The molecule has 0 amide bonds. The monoisotopic (exact) mass is 431 g/mol. The zero-order valence-corrected chi connectivity index (χ0v) is 16.5. The molecular weight excluding hydrogens is 401 g/mol. The number of nitrogens with two attached hydrogens (primary N) is 1. The molecule has 130 valence electrons. The number of benzene rings is 1. The summed E-state index contributed by atoms with van der Waals surface area (Å²) in [6.07, 6.45) is 6.96. The Bertz CT molecular complexity index is 456. The molecule has 0 atom stereocenters. The van der Waals surface area contributed by atoms with Crippen LogP contribution in [-0.2, 0) is 6.42 Å². The highest BCUT2D eigenvalue weighted by atomic mass is 127. The van der Waals surface area contributed by atoms with Crippen molar-refractivity contribution < 1.29 is 4.74 Å². The first-order chi connectivity index (χ1) is 10.8. The maximum Gasteiger partial charge on any atom is 0.191 e. The maximum absolute atomic E-state index is 6.06. The van der Waals surface area contributed by atoms with Gasteiger partial charge in [-0.3, -0.25) is 4.99 Å². The third-order valence-corrected chi connectivity index (χ3v) is 4.04. The summed E-state index contributed by atoms with van der Waals surface area (Å²) < 4.78 is 5.67. The summed E-state index contributed by atoms with van der Waals surface area (Å²) >= 11 is 0. The van der Waals surface area contributed by atoms with Crippen molar-refractivity contribution >= 4 is 29.9 Å². The molecule has 2 N–H and O–H groups in total. The lowest BCUT2D eigenvalue weighted by molar-refractivity contribution is 0.309. The number of ether oxygens (including phenoxy) is 1. The molecule has 1 saturated heterocycles. The minimum atomic E-state index is 0. The Morgan fingerprint density at radius 2 is 1.87 bits per heavy atom. The number of hydrogen-bond donors (Lipinski definition) is 1. The molecule has 1 heterocycles. The van der Waals surface area contributed by atoms with Crippen molar-refractivity contribution in [1.29, 1.82) is 0 Å². The fourth-order valence-corrected chi connectivity index (χ4v) is 2.61. The third kappa shape index (κ3) is 7.42. The number of guanidine groups is 1. The van der Waals surface area contributed by atoms with Crippen molar-refractivity contribution in [2.24, 2.45) is 10.7 Å². The lowest BCUT2D eigenvalue weighted by Gasteiger charge is -2.27. The molecule has 0 aromatic heterocycles. The van der Waals surface area contributed by atoms with Gasteiger partial charge in [-0.05, 0) is 49.8 Å². The molecule has 5 heteroatoms. The van der Waals surface area contributed by atoms with Gasteiger partial charge in [-0.1, -0.05) is 25.5 Å². The van der Waals surface area contributed by atoms with Crippen LogP contribution in [0.25, 0.3) is 0 Å². The van der Waals surface area contributed by atoms with Crippen LogP contribution in [0.2, 0.25) is 0 Å². The predicted octanol–water partition coefficient (Wildman–Crippen LogP) is 3.83. The van der Waals surface area contributed by atoms with Gasteiger partial charge in [0.25, 0.3) is 0 Å². The van der Waals surface area contributed by atoms with Gasteiger partial charge in [0.2, 0.25) is 0 Å². The molecule has 0 radical (unpaired) electrons. The molecule has 0 bridgehead atoms. The van der Waals surface area contributed by atoms with Gasteiger partial charge in [-0.25, -0.2) is 0 Å². The average Bonchev–Trinajstić information content (AvgIpc) is 2.57. The predicted molar refractivity (Wildman–Crippen MR) is 108 cm³/mol. The summed E-state index contributed by atoms with van der Waals surface area (Å²) in [5.41, 5.74) is 7.34. The van der Waals surface area contributed by atoms with Crippen molar-refractivity contribution in [2.75, 3.05) is 26.2 Å². The zero-order valence-electron chi connectivity index (χ0n) is 14.2. The van der Waals surface area contributed by atoms with Crippen molar-refractivity contribution in [2.45, 2.75) is 45.4 Å². The zero-order chi connectivity index (χ0) is 15.6. The summed E-state index contributed by atoms with van der Waals surface area (Å²) in [6.45, 7) is 5.83. The smallest absolute Gasteiger partial charge is 0.191 e. The molecule has 23 heavy (non-hydrogen) atoms. The normalized spacial score (nSPS) is 15.2. The van der Waals surface area contributed by atoms with E-state index in [1.165, 1.54) is 24.8 Å². The van der Waals surface area contributed by atoms with E-state index in [1.54, 1.807) is 0 Å². The number of piperidine rings is 1. The van der Waals surface area contributed by atoms with Crippen LogP contribution in [0.15, 0.2) is 29.3 Å². The second kappa shape index (κ2) is 11.5. The van der Waals surface area contributed by atoms with Crippen LogP contribution in [0, 0.1) is 0 Å². The number of hydrogen-bond acceptors (Lipinski definition) is 2. The van der Waals surface area contributed by atoms with Gasteiger partial charge in [0, 0.05) is 19.6 Å². The number of aliphatic imine (C=N–C) groups is 1. The highest BCUT2D eigenvalue weighted by Crippen LogP contribution is 2.13. The molecule has 1 aliphatic heterocycles. The largest absolute Gasteiger partial charge is 0.494 e. The Labute approximate surface area is 157 Å². The number of likely N-dealkylation sites (tertiary alicyclic amines) is 1. The first-order valence-electron chi connectivity index (χ1n) is 8.56. The summed E-state index contributed by atoms with van der Waals surface area (Å²) in [5.74, 6) is 1.66. The van der Waals surface area contributed by atoms with Gasteiger partial charge in [0.05, 0.1) is 6.61 Å². The van der Waals surface area contributed by atoms with Crippen LogP contribution in [0.5, 0.6) is 5.75 Å². The molecule has 0 spiro atoms. The molecule has 1 fully saturated rings. The molecule has 2 rings (SSSR count). The van der Waals surface area contributed by atoms with Gasteiger partial charge in [-0.15, -0.1) is 24.0 Å². The first kappa shape index (κ1) is 20.1. The van der Waals surface area contributed by atoms with Crippen molar-refractivity contribution in [1.82, 2.24) is 4.90 Å². The molecule has 0 aliphatic carbocycles. The fourth-order valence-electron chi connectivity index (χ4n) is 2.61. The molecular formula is C18H30IN3O. The van der Waals surface area contributed by atoms with Crippen molar-refractivity contribution in [3.63, 3.8) is 0 Å². The van der Waals surface area contributed by atoms with Gasteiger partial charge in [-0.2, -0.15) is 0 Å². The number of nitrogens with zero attached hydrogens (tertiary/aromatic N) is 2. The Hall–Kier alpha value is -0.980. The van der Waals surface area contributed by atoms with Crippen LogP contribution < -0.4 is 10.5 Å². The van der Waals surface area contributed by atoms with Gasteiger partial charge < -0.3 is 15.4 Å². The lowest BCUT2D eigenvalue weighted by atomic mass is 10.1. The summed E-state index contributed by atoms with van der Waals surface area (Å²) in [6, 6.07) is 8.33. The van der Waals surface area contributed by atoms with E-state index >= 15 is 0 Å². The summed E-state index contributed by atoms with van der Waals surface area (Å²) in [7, 11) is 0. The van der Waals surface area contributed by atoms with E-state index in [0.717, 1.165) is 51.3 Å². The van der Waals surface area contributed by atoms with E-state index in [1.807, 2.05) is 12.1 Å². The van der Waals surface area contributed by atoms with E-state index < -0.39 is 0 Å². The lowest BCUT2D eigenvalue weighted by Crippen LogP contribution is -2.41. The summed E-state index contributed by atoms with van der Waals surface area (Å²) in [4.78, 5) is 6.72. The highest BCUT2D eigenvalue weighted by Gasteiger charge is 2.11. The Kier molecular flexibility index (Phi) is 10.1. The molecule has 1 aromatic rings. The van der Waals surface area contributed by atoms with Crippen LogP contribution in [0.1, 0.15) is 44.6 Å². The minimum absolute atomic E-state index is 0. The number of rotatable bonds is 7. The average molecular weight is 431 g/mol. The highest BCUT2D eigenvalue weighted by molar-refractivity contribution is 14.0. The van der Waals surface area contributed by atoms with Gasteiger partial charge in [0.15, 0.2) is 5.96 Å². The Balaban J connectivity index is 0.00000264. The minimum Gasteiger partial charge on any atom is -0.494 e. The van der Waals surface area contributed by atoms with Crippen LogP contribution in [-0.4, -0.2) is 37.1 Å². The Morgan fingerprint density at radius 1 is 1.17 bits per heavy atom. The van der Waals surface area contributed by atoms with Gasteiger partial charge in [0.1, 0.15) is 5.75 Å². The Morgan fingerprint density at radius 3 is 2.52 bits per heavy atom. The fraction of sp³-hybridized carbons (Fsp3) is 0.611. The molecule has 0 saturated carbocycles. The van der Waals surface area contributed by atoms with Crippen LogP contribution >= 0.6 is 24.0 Å². The standard InChI is InChI=1S/C18H29N3O.HI/c1-2-3-15-22-17-9-7-16(8-10-17)11-12-20-18(19)21-13-5-4-6-14-21;/h7-10H,2-6,11-15H2,1H3,(H2,19,20);1H. The van der Waals surface area contributed by atoms with E-state index in [4.69, 9.17) is 10.5 Å². The van der Waals surface area contributed by atoms with Crippen LogP contribution in [0.3, 0.4) is 0 Å². The van der Waals surface area contributed by atoms with E-state index in [9.17, 15) is 0 Å². The molecule has 1 aromatic carbocycles. The number of halogens is 1. The molecule has 0 unspecified atom stereocenters. The van der Waals surface area contributed by atoms with E-state index in [0.29, 0.717) is 5.96 Å². The second-order valence-electron chi connectivity index (χ2n) is 5.88. The van der Waals surface area contributed by atoms with Crippen LogP contribution in [0.4, 0.5) is 0 Å².